The molecule has 0 aromatic heterocycles. The molecule has 102 valence electrons. The van der Waals surface area contributed by atoms with Crippen molar-refractivity contribution in [3.63, 3.8) is 0 Å². The van der Waals surface area contributed by atoms with E-state index in [-0.39, 0.29) is 17.6 Å². The molecule has 0 saturated carbocycles. The molecule has 0 spiro atoms. The number of benzene rings is 1. The number of carbonyl (C=O) groups is 1. The van der Waals surface area contributed by atoms with Crippen molar-refractivity contribution >= 4 is 11.7 Å². The molecule has 1 N–H and O–H groups in total. The van der Waals surface area contributed by atoms with Crippen molar-refractivity contribution in [3.8, 4) is 6.07 Å². The smallest absolute Gasteiger partial charge is 0.305 e. The van der Waals surface area contributed by atoms with Crippen LogP contribution in [-0.4, -0.2) is 18.6 Å². The molecular weight excluding hydrogens is 247 g/mol. The zero-order valence-electron chi connectivity index (χ0n) is 11.1. The van der Waals surface area contributed by atoms with Gasteiger partial charge in [0.25, 0.3) is 0 Å². The lowest BCUT2D eigenvalue weighted by Gasteiger charge is -2.15. The van der Waals surface area contributed by atoms with E-state index in [2.05, 4.69) is 5.32 Å². The summed E-state index contributed by atoms with van der Waals surface area (Å²) in [5.74, 6) is -0.724. The Balaban J connectivity index is 2.51. The Kier molecular flexibility index (Phi) is 5.80. The van der Waals surface area contributed by atoms with E-state index in [4.69, 9.17) is 10.00 Å². The van der Waals surface area contributed by atoms with Gasteiger partial charge in [0.05, 0.1) is 23.9 Å². The Hall–Kier alpha value is -2.09. The molecule has 1 aromatic carbocycles. The van der Waals surface area contributed by atoms with Crippen LogP contribution in [0.15, 0.2) is 18.2 Å². The first-order valence-electron chi connectivity index (χ1n) is 6.18. The van der Waals surface area contributed by atoms with Crippen LogP contribution in [0.2, 0.25) is 0 Å². The maximum absolute atomic E-state index is 13.6. The number of nitrogens with zero attached hydrogens (tertiary/aromatic N) is 1. The normalized spacial score (nSPS) is 11.5. The highest BCUT2D eigenvalue weighted by atomic mass is 19.1. The van der Waals surface area contributed by atoms with Crippen LogP contribution >= 0.6 is 0 Å². The number of rotatable bonds is 6. The summed E-state index contributed by atoms with van der Waals surface area (Å²) >= 11 is 0. The maximum atomic E-state index is 13.6. The lowest BCUT2D eigenvalue weighted by Crippen LogP contribution is -2.18. The molecule has 0 fully saturated rings. The average Bonchev–Trinajstić information content (AvgIpc) is 2.39. The average molecular weight is 264 g/mol. The lowest BCUT2D eigenvalue weighted by molar-refractivity contribution is -0.143. The minimum absolute atomic E-state index is 0.0631. The van der Waals surface area contributed by atoms with Crippen LogP contribution in [0.5, 0.6) is 0 Å². The summed E-state index contributed by atoms with van der Waals surface area (Å²) in [7, 11) is 0. The number of hydrogen-bond donors (Lipinski definition) is 1. The van der Waals surface area contributed by atoms with Crippen LogP contribution in [0.4, 0.5) is 10.1 Å². The van der Waals surface area contributed by atoms with Gasteiger partial charge in [0, 0.05) is 12.5 Å². The second kappa shape index (κ2) is 7.37. The molecule has 0 aliphatic rings. The molecule has 0 heterocycles. The number of ether oxygens (including phenoxy) is 1. The maximum Gasteiger partial charge on any atom is 0.305 e. The van der Waals surface area contributed by atoms with Crippen molar-refractivity contribution in [1.29, 1.82) is 5.26 Å². The lowest BCUT2D eigenvalue weighted by atomic mass is 10.1. The van der Waals surface area contributed by atoms with Crippen LogP contribution < -0.4 is 5.32 Å². The van der Waals surface area contributed by atoms with E-state index in [9.17, 15) is 9.18 Å². The van der Waals surface area contributed by atoms with Crippen LogP contribution in [0, 0.1) is 17.1 Å². The third-order valence-corrected chi connectivity index (χ3v) is 2.59. The summed E-state index contributed by atoms with van der Waals surface area (Å²) in [5, 5.41) is 11.6. The van der Waals surface area contributed by atoms with Gasteiger partial charge in [-0.15, -0.1) is 0 Å². The molecule has 1 rings (SSSR count). The topological polar surface area (TPSA) is 62.1 Å². The molecule has 1 atom stereocenters. The van der Waals surface area contributed by atoms with E-state index < -0.39 is 5.82 Å². The summed E-state index contributed by atoms with van der Waals surface area (Å²) in [5.41, 5.74) is 0.609. The molecule has 19 heavy (non-hydrogen) atoms. The number of hydrogen-bond acceptors (Lipinski definition) is 4. The minimum atomic E-state index is -0.470. The Bertz CT molecular complexity index is 483. The SMILES string of the molecule is CCOC(=O)CCC(C)Nc1ccc(C#N)cc1F. The molecule has 0 saturated heterocycles. The fraction of sp³-hybridized carbons (Fsp3) is 0.429. The number of esters is 1. The van der Waals surface area contributed by atoms with Crippen molar-refractivity contribution in [2.24, 2.45) is 0 Å². The van der Waals surface area contributed by atoms with Gasteiger partial charge in [0.2, 0.25) is 0 Å². The first kappa shape index (κ1) is 15.0. The Morgan fingerprint density at radius 2 is 2.32 bits per heavy atom. The van der Waals surface area contributed by atoms with Gasteiger partial charge in [-0.1, -0.05) is 0 Å². The fourth-order valence-electron chi connectivity index (χ4n) is 1.61. The monoisotopic (exact) mass is 264 g/mol. The van der Waals surface area contributed by atoms with E-state index in [1.54, 1.807) is 13.0 Å². The first-order chi connectivity index (χ1) is 9.06. The van der Waals surface area contributed by atoms with Crippen molar-refractivity contribution in [3.05, 3.63) is 29.6 Å². The zero-order valence-corrected chi connectivity index (χ0v) is 11.1. The van der Waals surface area contributed by atoms with E-state index in [0.29, 0.717) is 25.1 Å². The van der Waals surface area contributed by atoms with Gasteiger partial charge in [-0.3, -0.25) is 4.79 Å². The first-order valence-corrected chi connectivity index (χ1v) is 6.18. The molecule has 0 amide bonds. The molecular formula is C14H17FN2O2. The van der Waals surface area contributed by atoms with Crippen LogP contribution in [-0.2, 0) is 9.53 Å². The van der Waals surface area contributed by atoms with Gasteiger partial charge >= 0.3 is 5.97 Å². The molecule has 1 aromatic rings. The van der Waals surface area contributed by atoms with Crippen molar-refractivity contribution in [2.75, 3.05) is 11.9 Å². The van der Waals surface area contributed by atoms with Crippen LogP contribution in [0.3, 0.4) is 0 Å². The molecule has 0 aliphatic carbocycles. The molecule has 0 bridgehead atoms. The highest BCUT2D eigenvalue weighted by molar-refractivity contribution is 5.69. The van der Waals surface area contributed by atoms with Crippen molar-refractivity contribution in [2.45, 2.75) is 32.7 Å². The highest BCUT2D eigenvalue weighted by Gasteiger charge is 2.10. The highest BCUT2D eigenvalue weighted by Crippen LogP contribution is 2.17. The van der Waals surface area contributed by atoms with Crippen LogP contribution in [0.25, 0.3) is 0 Å². The number of carbonyl (C=O) groups excluding carboxylic acids is 1. The van der Waals surface area contributed by atoms with Gasteiger partial charge < -0.3 is 10.1 Å². The number of halogens is 1. The zero-order chi connectivity index (χ0) is 14.3. The van der Waals surface area contributed by atoms with Crippen molar-refractivity contribution < 1.29 is 13.9 Å². The molecule has 4 nitrogen and oxygen atoms in total. The van der Waals surface area contributed by atoms with E-state index in [1.165, 1.54) is 12.1 Å². The summed E-state index contributed by atoms with van der Waals surface area (Å²) in [4.78, 5) is 11.2. The Morgan fingerprint density at radius 1 is 1.58 bits per heavy atom. The molecule has 0 radical (unpaired) electrons. The number of nitriles is 1. The third-order valence-electron chi connectivity index (χ3n) is 2.59. The standard InChI is InChI=1S/C14H17FN2O2/c1-3-19-14(18)7-4-10(2)17-13-6-5-11(9-16)8-12(13)15/h5-6,8,10,17H,3-4,7H2,1-2H3. The fourth-order valence-corrected chi connectivity index (χ4v) is 1.61. The number of nitrogens with one attached hydrogen (secondary N) is 1. The predicted molar refractivity (Wildman–Crippen MR) is 70.1 cm³/mol. The van der Waals surface area contributed by atoms with Gasteiger partial charge in [-0.25, -0.2) is 4.39 Å². The van der Waals surface area contributed by atoms with Crippen molar-refractivity contribution in [1.82, 2.24) is 0 Å². The molecule has 0 aliphatic heterocycles. The van der Waals surface area contributed by atoms with E-state index >= 15 is 0 Å². The Labute approximate surface area is 112 Å². The van der Waals surface area contributed by atoms with Gasteiger partial charge in [-0.2, -0.15) is 5.26 Å². The number of anilines is 1. The van der Waals surface area contributed by atoms with Gasteiger partial charge in [-0.05, 0) is 38.5 Å². The second-order valence-electron chi connectivity index (χ2n) is 4.20. The minimum Gasteiger partial charge on any atom is -0.466 e. The summed E-state index contributed by atoms with van der Waals surface area (Å²) in [6.45, 7) is 3.98. The predicted octanol–water partition coefficient (Wildman–Crippen LogP) is 2.84. The Morgan fingerprint density at radius 3 is 2.89 bits per heavy atom. The summed E-state index contributed by atoms with van der Waals surface area (Å²) < 4.78 is 18.4. The van der Waals surface area contributed by atoms with Gasteiger partial charge in [0.15, 0.2) is 0 Å². The van der Waals surface area contributed by atoms with Crippen LogP contribution in [0.1, 0.15) is 32.3 Å². The largest absolute Gasteiger partial charge is 0.466 e. The van der Waals surface area contributed by atoms with Gasteiger partial charge in [0.1, 0.15) is 5.82 Å². The van der Waals surface area contributed by atoms with E-state index in [1.807, 2.05) is 13.0 Å². The summed E-state index contributed by atoms with van der Waals surface area (Å²) in [6.07, 6.45) is 0.845. The molecule has 5 heteroatoms. The second-order valence-corrected chi connectivity index (χ2v) is 4.20. The quantitative estimate of drug-likeness (QED) is 0.802. The van der Waals surface area contributed by atoms with E-state index in [0.717, 1.165) is 0 Å². The summed E-state index contributed by atoms with van der Waals surface area (Å²) in [6, 6.07) is 6.06. The molecule has 1 unspecified atom stereocenters. The third kappa shape index (κ3) is 4.96.